The fraction of sp³-hybridized carbons (Fsp3) is 0.188. The van der Waals surface area contributed by atoms with Gasteiger partial charge in [0.2, 0.25) is 0 Å². The lowest BCUT2D eigenvalue weighted by molar-refractivity contribution is 1.02. The van der Waals surface area contributed by atoms with Gasteiger partial charge in [-0.1, -0.05) is 30.3 Å². The Hall–Kier alpha value is -2.27. The van der Waals surface area contributed by atoms with Crippen molar-refractivity contribution < 1.29 is 0 Å². The summed E-state index contributed by atoms with van der Waals surface area (Å²) in [6, 6.07) is 20.6. The van der Waals surface area contributed by atoms with E-state index in [0.717, 1.165) is 17.8 Å². The van der Waals surface area contributed by atoms with E-state index < -0.39 is 0 Å². The summed E-state index contributed by atoms with van der Waals surface area (Å²) in [7, 11) is 0. The third-order valence-electron chi connectivity index (χ3n) is 2.89. The van der Waals surface area contributed by atoms with Crippen molar-refractivity contribution in [2.45, 2.75) is 13.3 Å². The van der Waals surface area contributed by atoms with Crippen LogP contribution in [0.25, 0.3) is 0 Å². The Labute approximate surface area is 108 Å². The molecule has 90 valence electrons. The van der Waals surface area contributed by atoms with Gasteiger partial charge in [0.1, 0.15) is 0 Å². The third-order valence-corrected chi connectivity index (χ3v) is 2.89. The largest absolute Gasteiger partial charge is 0.342 e. The number of benzene rings is 2. The van der Waals surface area contributed by atoms with Gasteiger partial charge < -0.3 is 4.90 Å². The van der Waals surface area contributed by atoms with Crippen LogP contribution in [0.5, 0.6) is 0 Å². The number of hydrogen-bond acceptors (Lipinski definition) is 2. The summed E-state index contributed by atoms with van der Waals surface area (Å²) in [5, 5.41) is 8.76. The second-order valence-corrected chi connectivity index (χ2v) is 4.08. The van der Waals surface area contributed by atoms with Gasteiger partial charge in [-0.3, -0.25) is 0 Å². The van der Waals surface area contributed by atoms with Gasteiger partial charge in [-0.05, 0) is 36.8 Å². The summed E-state index contributed by atoms with van der Waals surface area (Å²) in [6.07, 6.45) is 0.459. The molecule has 0 aliphatic carbocycles. The van der Waals surface area contributed by atoms with E-state index in [1.165, 1.54) is 5.69 Å². The van der Waals surface area contributed by atoms with Crippen molar-refractivity contribution in [3.63, 3.8) is 0 Å². The van der Waals surface area contributed by atoms with Crippen LogP contribution in [-0.2, 0) is 6.42 Å². The molecule has 0 saturated heterocycles. The Bertz CT molecular complexity index is 541. The Kier molecular flexibility index (Phi) is 3.98. The van der Waals surface area contributed by atoms with Crippen LogP contribution in [0.4, 0.5) is 11.4 Å². The monoisotopic (exact) mass is 236 g/mol. The highest BCUT2D eigenvalue weighted by atomic mass is 15.1. The molecule has 0 heterocycles. The molecule has 2 nitrogen and oxygen atoms in total. The molecule has 0 fully saturated rings. The number of hydrogen-bond donors (Lipinski definition) is 0. The number of para-hydroxylation sites is 1. The summed E-state index contributed by atoms with van der Waals surface area (Å²) >= 11 is 0. The van der Waals surface area contributed by atoms with Crippen LogP contribution in [0.15, 0.2) is 54.6 Å². The van der Waals surface area contributed by atoms with Gasteiger partial charge in [-0.15, -0.1) is 0 Å². The predicted octanol–water partition coefficient (Wildman–Crippen LogP) is 3.91. The fourth-order valence-corrected chi connectivity index (χ4v) is 2.05. The Balaban J connectivity index is 2.34. The van der Waals surface area contributed by atoms with Gasteiger partial charge in [-0.25, -0.2) is 0 Å². The molecule has 0 saturated carbocycles. The summed E-state index contributed by atoms with van der Waals surface area (Å²) in [4.78, 5) is 2.24. The van der Waals surface area contributed by atoms with Crippen LogP contribution in [-0.4, -0.2) is 6.54 Å². The average molecular weight is 236 g/mol. The lowest BCUT2D eigenvalue weighted by atomic mass is 10.1. The molecule has 0 radical (unpaired) electrons. The van der Waals surface area contributed by atoms with Gasteiger partial charge in [-0.2, -0.15) is 5.26 Å². The SMILES string of the molecule is CCN(c1ccccc1)c1cccc(CC#N)c1. The van der Waals surface area contributed by atoms with Crippen molar-refractivity contribution in [2.24, 2.45) is 0 Å². The van der Waals surface area contributed by atoms with Gasteiger partial charge in [0.15, 0.2) is 0 Å². The zero-order valence-electron chi connectivity index (χ0n) is 10.5. The quantitative estimate of drug-likeness (QED) is 0.804. The van der Waals surface area contributed by atoms with E-state index in [4.69, 9.17) is 5.26 Å². The smallest absolute Gasteiger partial charge is 0.0669 e. The van der Waals surface area contributed by atoms with Crippen LogP contribution < -0.4 is 4.90 Å². The van der Waals surface area contributed by atoms with Crippen LogP contribution >= 0.6 is 0 Å². The van der Waals surface area contributed by atoms with Gasteiger partial charge in [0.05, 0.1) is 12.5 Å². The molecule has 2 aromatic carbocycles. The molecular weight excluding hydrogens is 220 g/mol. The van der Waals surface area contributed by atoms with E-state index in [1.54, 1.807) is 0 Å². The Morgan fingerprint density at radius 2 is 1.72 bits per heavy atom. The molecule has 2 aromatic rings. The van der Waals surface area contributed by atoms with Crippen molar-refractivity contribution in [3.8, 4) is 6.07 Å². The van der Waals surface area contributed by atoms with Crippen molar-refractivity contribution in [3.05, 3.63) is 60.2 Å². The van der Waals surface area contributed by atoms with Gasteiger partial charge in [0, 0.05) is 17.9 Å². The zero-order chi connectivity index (χ0) is 12.8. The minimum Gasteiger partial charge on any atom is -0.342 e. The lowest BCUT2D eigenvalue weighted by Gasteiger charge is -2.23. The van der Waals surface area contributed by atoms with E-state index in [9.17, 15) is 0 Å². The molecule has 0 aliphatic heterocycles. The zero-order valence-corrected chi connectivity index (χ0v) is 10.5. The molecule has 0 N–H and O–H groups in total. The first kappa shape index (κ1) is 12.2. The molecular formula is C16H16N2. The summed E-state index contributed by atoms with van der Waals surface area (Å²) < 4.78 is 0. The molecule has 0 bridgehead atoms. The van der Waals surface area contributed by atoms with E-state index in [2.05, 4.69) is 42.2 Å². The maximum atomic E-state index is 8.76. The maximum absolute atomic E-state index is 8.76. The molecule has 0 spiro atoms. The van der Waals surface area contributed by atoms with Gasteiger partial charge >= 0.3 is 0 Å². The molecule has 2 rings (SSSR count). The summed E-state index contributed by atoms with van der Waals surface area (Å²) in [5.74, 6) is 0. The second kappa shape index (κ2) is 5.88. The third kappa shape index (κ3) is 2.70. The van der Waals surface area contributed by atoms with Crippen molar-refractivity contribution in [1.29, 1.82) is 5.26 Å². The topological polar surface area (TPSA) is 27.0 Å². The lowest BCUT2D eigenvalue weighted by Crippen LogP contribution is -2.15. The highest BCUT2D eigenvalue weighted by molar-refractivity contribution is 5.63. The van der Waals surface area contributed by atoms with Crippen LogP contribution in [0.2, 0.25) is 0 Å². The number of anilines is 2. The molecule has 0 aliphatic rings. The van der Waals surface area contributed by atoms with Crippen LogP contribution in [0.1, 0.15) is 12.5 Å². The molecule has 2 heteroatoms. The van der Waals surface area contributed by atoms with E-state index in [0.29, 0.717) is 6.42 Å². The molecule has 0 atom stereocenters. The van der Waals surface area contributed by atoms with Crippen molar-refractivity contribution in [2.75, 3.05) is 11.4 Å². The molecule has 18 heavy (non-hydrogen) atoms. The fourth-order valence-electron chi connectivity index (χ4n) is 2.05. The maximum Gasteiger partial charge on any atom is 0.0669 e. The minimum absolute atomic E-state index is 0.459. The average Bonchev–Trinajstić information content (AvgIpc) is 2.42. The first-order valence-corrected chi connectivity index (χ1v) is 6.13. The van der Waals surface area contributed by atoms with E-state index in [-0.39, 0.29) is 0 Å². The van der Waals surface area contributed by atoms with E-state index >= 15 is 0 Å². The number of rotatable bonds is 4. The van der Waals surface area contributed by atoms with Crippen LogP contribution in [0, 0.1) is 11.3 Å². The second-order valence-electron chi connectivity index (χ2n) is 4.08. The standard InChI is InChI=1S/C16H16N2/c1-2-18(15-8-4-3-5-9-15)16-10-6-7-14(13-16)11-12-17/h3-10,13H,2,11H2,1H3. The Morgan fingerprint density at radius 1 is 1.00 bits per heavy atom. The molecule has 0 aromatic heterocycles. The van der Waals surface area contributed by atoms with Gasteiger partial charge in [0.25, 0.3) is 0 Å². The predicted molar refractivity (Wildman–Crippen MR) is 74.9 cm³/mol. The molecule has 0 unspecified atom stereocenters. The number of nitrogens with zero attached hydrogens (tertiary/aromatic N) is 2. The molecule has 0 amide bonds. The normalized spacial score (nSPS) is 9.78. The highest BCUT2D eigenvalue weighted by Crippen LogP contribution is 2.25. The minimum atomic E-state index is 0.459. The van der Waals surface area contributed by atoms with Crippen LogP contribution in [0.3, 0.4) is 0 Å². The van der Waals surface area contributed by atoms with Crippen molar-refractivity contribution >= 4 is 11.4 Å². The Morgan fingerprint density at radius 3 is 2.39 bits per heavy atom. The van der Waals surface area contributed by atoms with Crippen molar-refractivity contribution in [1.82, 2.24) is 0 Å². The first-order valence-electron chi connectivity index (χ1n) is 6.13. The summed E-state index contributed by atoms with van der Waals surface area (Å²) in [5.41, 5.74) is 3.37. The van der Waals surface area contributed by atoms with E-state index in [1.807, 2.05) is 30.3 Å². The summed E-state index contributed by atoms with van der Waals surface area (Å²) in [6.45, 7) is 3.03. The first-order chi connectivity index (χ1) is 8.85. The number of nitriles is 1. The highest BCUT2D eigenvalue weighted by Gasteiger charge is 2.06.